The van der Waals surface area contributed by atoms with E-state index in [-0.39, 0.29) is 0 Å². The molecule has 0 bridgehead atoms. The van der Waals surface area contributed by atoms with Gasteiger partial charge in [0.05, 0.1) is 5.39 Å². The van der Waals surface area contributed by atoms with Gasteiger partial charge in [-0.1, -0.05) is 37.9 Å². The monoisotopic (exact) mass is 336 g/mol. The molecule has 2 N–H and O–H groups in total. The van der Waals surface area contributed by atoms with Crippen LogP contribution >= 0.6 is 23.1 Å². The van der Waals surface area contributed by atoms with Crippen molar-refractivity contribution in [1.29, 1.82) is 0 Å². The molecule has 2 aromatic rings. The second kappa shape index (κ2) is 7.15. The first-order chi connectivity index (χ1) is 10.7. The summed E-state index contributed by atoms with van der Waals surface area (Å²) in [4.78, 5) is 14.1. The number of hydrogen-bond donors (Lipinski definition) is 1. The third-order valence-corrected chi connectivity index (χ3v) is 6.17. The van der Waals surface area contributed by atoms with Gasteiger partial charge in [-0.15, -0.1) is 11.3 Å². The Morgan fingerprint density at radius 2 is 2.14 bits per heavy atom. The number of thiophene rings is 1. The zero-order valence-electron chi connectivity index (χ0n) is 13.4. The first-order valence-corrected chi connectivity index (χ1v) is 9.88. The molecule has 3 rings (SSSR count). The topological polar surface area (TPSA) is 55.0 Å². The van der Waals surface area contributed by atoms with E-state index in [9.17, 15) is 0 Å². The number of thioether (sulfide) groups is 1. The quantitative estimate of drug-likeness (QED) is 0.492. The Balaban J connectivity index is 1.77. The van der Waals surface area contributed by atoms with E-state index in [0.717, 1.165) is 40.6 Å². The lowest BCUT2D eigenvalue weighted by Gasteiger charge is -2.22. The average Bonchev–Trinajstić information content (AvgIpc) is 2.84. The van der Waals surface area contributed by atoms with Gasteiger partial charge in [0.25, 0.3) is 0 Å². The van der Waals surface area contributed by atoms with Gasteiger partial charge in [-0.2, -0.15) is 0 Å². The third-order valence-electron chi connectivity index (χ3n) is 4.13. The van der Waals surface area contributed by atoms with Crippen molar-refractivity contribution >= 4 is 39.1 Å². The van der Waals surface area contributed by atoms with Crippen LogP contribution in [0.2, 0.25) is 0 Å². The maximum Gasteiger partial charge on any atom is 0.190 e. The molecule has 120 valence electrons. The van der Waals surface area contributed by atoms with Gasteiger partial charge in [0.1, 0.15) is 10.6 Å². The minimum atomic E-state index is 0.670. The van der Waals surface area contributed by atoms with E-state index in [1.165, 1.54) is 36.1 Å². The predicted molar refractivity (Wildman–Crippen MR) is 96.7 cm³/mol. The zero-order chi connectivity index (χ0) is 15.5. The lowest BCUT2D eigenvalue weighted by Crippen LogP contribution is -2.25. The highest BCUT2D eigenvalue weighted by Crippen LogP contribution is 2.37. The first kappa shape index (κ1) is 16.0. The highest BCUT2D eigenvalue weighted by atomic mass is 32.2. The average molecular weight is 337 g/mol. The number of aromatic nitrogens is 2. The summed E-state index contributed by atoms with van der Waals surface area (Å²) in [6.45, 7) is 4.34. The van der Waals surface area contributed by atoms with Crippen molar-refractivity contribution in [2.75, 3.05) is 25.1 Å². The molecule has 4 nitrogen and oxygen atoms in total. The van der Waals surface area contributed by atoms with Crippen molar-refractivity contribution in [3.05, 3.63) is 10.4 Å². The second-order valence-corrected chi connectivity index (χ2v) is 8.12. The molecule has 0 saturated carbocycles. The molecular weight excluding hydrogens is 312 g/mol. The van der Waals surface area contributed by atoms with Crippen LogP contribution in [-0.2, 0) is 13.0 Å². The van der Waals surface area contributed by atoms with Crippen LogP contribution in [-0.4, -0.2) is 34.2 Å². The van der Waals surface area contributed by atoms with Crippen LogP contribution in [0.25, 0.3) is 10.2 Å². The number of nitrogen functional groups attached to an aromatic ring is 1. The molecule has 0 aliphatic carbocycles. The summed E-state index contributed by atoms with van der Waals surface area (Å²) in [6, 6.07) is 0. The first-order valence-electron chi connectivity index (χ1n) is 8.08. The fourth-order valence-electron chi connectivity index (χ4n) is 2.89. The molecule has 1 aliphatic rings. The van der Waals surface area contributed by atoms with E-state index in [1.54, 1.807) is 23.1 Å². The molecule has 0 spiro atoms. The van der Waals surface area contributed by atoms with Crippen LogP contribution in [0.5, 0.6) is 0 Å². The highest BCUT2D eigenvalue weighted by Gasteiger charge is 2.22. The van der Waals surface area contributed by atoms with Gasteiger partial charge in [0.2, 0.25) is 0 Å². The number of likely N-dealkylation sites (N-methyl/N-ethyl adjacent to an activating group) is 1. The molecule has 0 saturated heterocycles. The van der Waals surface area contributed by atoms with Gasteiger partial charge in [0.15, 0.2) is 5.16 Å². The lowest BCUT2D eigenvalue weighted by atomic mass is 10.1. The van der Waals surface area contributed by atoms with Crippen LogP contribution < -0.4 is 5.73 Å². The van der Waals surface area contributed by atoms with Crippen LogP contribution in [0.3, 0.4) is 0 Å². The maximum absolute atomic E-state index is 6.24. The molecule has 0 radical (unpaired) electrons. The largest absolute Gasteiger partial charge is 0.383 e. The van der Waals surface area contributed by atoms with Crippen molar-refractivity contribution in [3.8, 4) is 0 Å². The molecule has 3 heterocycles. The van der Waals surface area contributed by atoms with E-state index in [2.05, 4.69) is 23.9 Å². The Labute approximate surface area is 140 Å². The van der Waals surface area contributed by atoms with E-state index < -0.39 is 0 Å². The Kier molecular flexibility index (Phi) is 5.21. The maximum atomic E-state index is 6.24. The minimum absolute atomic E-state index is 0.670. The minimum Gasteiger partial charge on any atom is -0.383 e. The molecule has 0 aromatic carbocycles. The van der Waals surface area contributed by atoms with E-state index in [4.69, 9.17) is 10.7 Å². The highest BCUT2D eigenvalue weighted by molar-refractivity contribution is 7.99. The van der Waals surface area contributed by atoms with Gasteiger partial charge in [0, 0.05) is 23.7 Å². The van der Waals surface area contributed by atoms with Gasteiger partial charge in [-0.25, -0.2) is 9.97 Å². The predicted octanol–water partition coefficient (Wildman–Crippen LogP) is 3.93. The van der Waals surface area contributed by atoms with Crippen LogP contribution in [0, 0.1) is 0 Å². The lowest BCUT2D eigenvalue weighted by molar-refractivity contribution is 0.318. The van der Waals surface area contributed by atoms with Crippen molar-refractivity contribution in [3.63, 3.8) is 0 Å². The summed E-state index contributed by atoms with van der Waals surface area (Å²) in [5.74, 6) is 1.75. The Hall–Kier alpha value is -0.850. The summed E-state index contributed by atoms with van der Waals surface area (Å²) < 4.78 is 0. The number of unbranched alkanes of at least 4 members (excludes halogenated alkanes) is 3. The smallest absolute Gasteiger partial charge is 0.190 e. The van der Waals surface area contributed by atoms with Crippen LogP contribution in [0.15, 0.2) is 5.16 Å². The summed E-state index contributed by atoms with van der Waals surface area (Å²) in [5, 5.41) is 1.96. The number of fused-ring (bicyclic) bond motifs is 3. The van der Waals surface area contributed by atoms with Crippen molar-refractivity contribution < 1.29 is 0 Å². The number of nitrogens with two attached hydrogens (primary N) is 1. The van der Waals surface area contributed by atoms with Gasteiger partial charge in [-0.3, -0.25) is 0 Å². The molecule has 1 aliphatic heterocycles. The molecule has 0 atom stereocenters. The SMILES string of the molecule is CCCCCCSc1nc(N)c2c3c(sc2n1)CN(C)CC3. The molecule has 22 heavy (non-hydrogen) atoms. The summed E-state index contributed by atoms with van der Waals surface area (Å²) in [7, 11) is 2.17. The molecule has 0 unspecified atom stereocenters. The van der Waals surface area contributed by atoms with Crippen LogP contribution in [0.4, 0.5) is 5.82 Å². The van der Waals surface area contributed by atoms with Crippen molar-refractivity contribution in [2.45, 2.75) is 50.7 Å². The molecule has 0 fully saturated rings. The number of hydrogen-bond acceptors (Lipinski definition) is 6. The molecule has 6 heteroatoms. The standard InChI is InChI=1S/C16H24N4S2/c1-3-4-5-6-9-21-16-18-14(17)13-11-7-8-20(2)10-12(11)22-15(13)19-16/h3-10H2,1-2H3,(H2,17,18,19). The number of anilines is 1. The third kappa shape index (κ3) is 3.39. The van der Waals surface area contributed by atoms with E-state index in [0.29, 0.717) is 5.82 Å². The number of nitrogens with zero attached hydrogens (tertiary/aromatic N) is 3. The Morgan fingerprint density at radius 1 is 1.27 bits per heavy atom. The normalized spacial score (nSPS) is 15.4. The van der Waals surface area contributed by atoms with Gasteiger partial charge in [-0.05, 0) is 25.5 Å². The van der Waals surface area contributed by atoms with Gasteiger partial charge >= 0.3 is 0 Å². The summed E-state index contributed by atoms with van der Waals surface area (Å²) in [6.07, 6.45) is 6.17. The van der Waals surface area contributed by atoms with E-state index in [1.807, 2.05) is 0 Å². The molecule has 2 aromatic heterocycles. The Bertz CT molecular complexity index is 653. The van der Waals surface area contributed by atoms with E-state index >= 15 is 0 Å². The second-order valence-electron chi connectivity index (χ2n) is 5.97. The summed E-state index contributed by atoms with van der Waals surface area (Å²) >= 11 is 3.53. The van der Waals surface area contributed by atoms with Crippen molar-refractivity contribution in [2.24, 2.45) is 0 Å². The molecular formula is C16H24N4S2. The van der Waals surface area contributed by atoms with Crippen molar-refractivity contribution in [1.82, 2.24) is 14.9 Å². The Morgan fingerprint density at radius 3 is 2.95 bits per heavy atom. The summed E-state index contributed by atoms with van der Waals surface area (Å²) in [5.41, 5.74) is 7.63. The van der Waals surface area contributed by atoms with Crippen LogP contribution in [0.1, 0.15) is 43.0 Å². The zero-order valence-corrected chi connectivity index (χ0v) is 15.0. The van der Waals surface area contributed by atoms with Gasteiger partial charge < -0.3 is 10.6 Å². The fraction of sp³-hybridized carbons (Fsp3) is 0.625. The molecule has 0 amide bonds. The number of rotatable bonds is 6. The fourth-order valence-corrected chi connectivity index (χ4v) is 5.10.